The molecule has 0 atom stereocenters. The van der Waals surface area contributed by atoms with E-state index in [1.165, 1.54) is 10.9 Å². The van der Waals surface area contributed by atoms with E-state index in [1.807, 2.05) is 32.2 Å². The highest BCUT2D eigenvalue weighted by Gasteiger charge is 2.12. The van der Waals surface area contributed by atoms with Gasteiger partial charge in [-0.05, 0) is 25.1 Å². The van der Waals surface area contributed by atoms with E-state index in [2.05, 4.69) is 22.1 Å². The van der Waals surface area contributed by atoms with Crippen LogP contribution in [0.4, 0.5) is 0 Å². The van der Waals surface area contributed by atoms with Gasteiger partial charge in [-0.25, -0.2) is 8.42 Å². The highest BCUT2D eigenvalue weighted by atomic mass is 32.2. The molecular formula is C15H22N2O2S. The Labute approximate surface area is 120 Å². The zero-order chi connectivity index (χ0) is 14.6. The molecule has 1 heterocycles. The minimum atomic E-state index is -2.94. The van der Waals surface area contributed by atoms with Gasteiger partial charge in [0.2, 0.25) is 0 Å². The van der Waals surface area contributed by atoms with Gasteiger partial charge in [-0.3, -0.25) is 0 Å². The van der Waals surface area contributed by atoms with Crippen molar-refractivity contribution in [2.75, 3.05) is 18.6 Å². The van der Waals surface area contributed by atoms with E-state index < -0.39 is 9.84 Å². The molecule has 2 aromatic rings. The standard InChI is InChI=1S/C15H22N2O2S/c1-3-9-20(18,19)10-8-17-12-13(11-16-2)14-6-4-5-7-15(14)17/h4-7,12,16H,3,8-11H2,1-2H3. The lowest BCUT2D eigenvalue weighted by Crippen LogP contribution is -2.15. The van der Waals surface area contributed by atoms with Crippen molar-refractivity contribution in [3.63, 3.8) is 0 Å². The molecule has 0 aliphatic rings. The van der Waals surface area contributed by atoms with Gasteiger partial charge in [0, 0.05) is 35.9 Å². The van der Waals surface area contributed by atoms with E-state index in [9.17, 15) is 8.42 Å². The second-order valence-electron chi connectivity index (χ2n) is 5.05. The summed E-state index contributed by atoms with van der Waals surface area (Å²) in [4.78, 5) is 0. The number of benzene rings is 1. The minimum Gasteiger partial charge on any atom is -0.346 e. The van der Waals surface area contributed by atoms with E-state index in [-0.39, 0.29) is 11.5 Å². The first-order valence-electron chi connectivity index (χ1n) is 6.99. The molecule has 1 aromatic carbocycles. The first kappa shape index (κ1) is 15.1. The van der Waals surface area contributed by atoms with Crippen LogP contribution in [0.3, 0.4) is 0 Å². The van der Waals surface area contributed by atoms with Crippen molar-refractivity contribution in [2.24, 2.45) is 0 Å². The number of hydrogen-bond acceptors (Lipinski definition) is 3. The van der Waals surface area contributed by atoms with Crippen molar-refractivity contribution in [3.8, 4) is 0 Å². The molecule has 2 rings (SSSR count). The van der Waals surface area contributed by atoms with Crippen LogP contribution in [0, 0.1) is 0 Å². The van der Waals surface area contributed by atoms with Gasteiger partial charge in [0.05, 0.1) is 5.75 Å². The normalized spacial score (nSPS) is 12.1. The predicted octanol–water partition coefficient (Wildman–Crippen LogP) is 2.19. The third-order valence-corrected chi connectivity index (χ3v) is 5.23. The molecule has 1 aromatic heterocycles. The largest absolute Gasteiger partial charge is 0.346 e. The first-order valence-corrected chi connectivity index (χ1v) is 8.81. The third-order valence-electron chi connectivity index (χ3n) is 3.40. The third kappa shape index (κ3) is 3.41. The van der Waals surface area contributed by atoms with Gasteiger partial charge in [-0.2, -0.15) is 0 Å². The molecule has 20 heavy (non-hydrogen) atoms. The van der Waals surface area contributed by atoms with Crippen LogP contribution in [-0.2, 0) is 22.9 Å². The zero-order valence-corrected chi connectivity index (χ0v) is 12.9. The number of nitrogens with one attached hydrogen (secondary N) is 1. The zero-order valence-electron chi connectivity index (χ0n) is 12.1. The van der Waals surface area contributed by atoms with Gasteiger partial charge in [0.15, 0.2) is 9.84 Å². The summed E-state index contributed by atoms with van der Waals surface area (Å²) in [6.45, 7) is 3.20. The number of para-hydroxylation sites is 1. The second-order valence-corrected chi connectivity index (χ2v) is 7.35. The molecule has 0 spiro atoms. The number of aromatic nitrogens is 1. The molecule has 1 N–H and O–H groups in total. The molecule has 0 amide bonds. The molecule has 0 bridgehead atoms. The van der Waals surface area contributed by atoms with E-state index >= 15 is 0 Å². The first-order chi connectivity index (χ1) is 9.57. The smallest absolute Gasteiger partial charge is 0.152 e. The molecule has 0 fully saturated rings. The van der Waals surface area contributed by atoms with Crippen LogP contribution >= 0.6 is 0 Å². The maximum atomic E-state index is 11.8. The highest BCUT2D eigenvalue weighted by molar-refractivity contribution is 7.91. The van der Waals surface area contributed by atoms with E-state index in [4.69, 9.17) is 0 Å². The van der Waals surface area contributed by atoms with E-state index in [0.717, 1.165) is 12.1 Å². The summed E-state index contributed by atoms with van der Waals surface area (Å²) in [5.74, 6) is 0.480. The Morgan fingerprint density at radius 3 is 2.65 bits per heavy atom. The van der Waals surface area contributed by atoms with Gasteiger partial charge in [-0.1, -0.05) is 25.1 Å². The Kier molecular flexibility index (Phi) is 4.83. The molecule has 0 radical (unpaired) electrons. The fraction of sp³-hybridized carbons (Fsp3) is 0.467. The number of sulfone groups is 1. The summed E-state index contributed by atoms with van der Waals surface area (Å²) in [6, 6.07) is 8.13. The fourth-order valence-corrected chi connectivity index (χ4v) is 3.79. The number of aryl methyl sites for hydroxylation is 1. The van der Waals surface area contributed by atoms with Gasteiger partial charge in [-0.15, -0.1) is 0 Å². The molecule has 0 aliphatic carbocycles. The summed E-state index contributed by atoms with van der Waals surface area (Å²) < 4.78 is 25.7. The number of nitrogens with zero attached hydrogens (tertiary/aromatic N) is 1. The maximum Gasteiger partial charge on any atom is 0.152 e. The van der Waals surface area contributed by atoms with Crippen molar-refractivity contribution >= 4 is 20.7 Å². The number of fused-ring (bicyclic) bond motifs is 1. The van der Waals surface area contributed by atoms with Crippen LogP contribution in [0.2, 0.25) is 0 Å². The highest BCUT2D eigenvalue weighted by Crippen LogP contribution is 2.21. The van der Waals surface area contributed by atoms with E-state index in [1.54, 1.807) is 0 Å². The van der Waals surface area contributed by atoms with E-state index in [0.29, 0.717) is 13.0 Å². The van der Waals surface area contributed by atoms with Crippen LogP contribution in [0.5, 0.6) is 0 Å². The summed E-state index contributed by atoms with van der Waals surface area (Å²) >= 11 is 0. The summed E-state index contributed by atoms with van der Waals surface area (Å²) in [6.07, 6.45) is 2.74. The van der Waals surface area contributed by atoms with Gasteiger partial charge < -0.3 is 9.88 Å². The average molecular weight is 294 g/mol. The molecule has 110 valence electrons. The van der Waals surface area contributed by atoms with Gasteiger partial charge in [0.25, 0.3) is 0 Å². The Morgan fingerprint density at radius 1 is 1.20 bits per heavy atom. The predicted molar refractivity (Wildman–Crippen MR) is 83.6 cm³/mol. The molecule has 5 heteroatoms. The summed E-state index contributed by atoms with van der Waals surface area (Å²) in [7, 11) is -1.02. The molecule has 0 unspecified atom stereocenters. The number of hydrogen-bond donors (Lipinski definition) is 1. The Morgan fingerprint density at radius 2 is 1.95 bits per heavy atom. The van der Waals surface area contributed by atoms with Crippen LogP contribution in [0.1, 0.15) is 18.9 Å². The molecule has 4 nitrogen and oxygen atoms in total. The minimum absolute atomic E-state index is 0.207. The van der Waals surface area contributed by atoms with Crippen LogP contribution in [0.25, 0.3) is 10.9 Å². The molecular weight excluding hydrogens is 272 g/mol. The van der Waals surface area contributed by atoms with Crippen LogP contribution in [0.15, 0.2) is 30.5 Å². The average Bonchev–Trinajstić information content (AvgIpc) is 2.76. The van der Waals surface area contributed by atoms with Crippen LogP contribution in [-0.4, -0.2) is 31.5 Å². The SMILES string of the molecule is CCCS(=O)(=O)CCn1cc(CNC)c2ccccc21. The van der Waals surface area contributed by atoms with Crippen molar-refractivity contribution in [1.82, 2.24) is 9.88 Å². The van der Waals surface area contributed by atoms with Gasteiger partial charge >= 0.3 is 0 Å². The quantitative estimate of drug-likeness (QED) is 0.851. The van der Waals surface area contributed by atoms with Crippen molar-refractivity contribution in [2.45, 2.75) is 26.4 Å². The molecule has 0 saturated heterocycles. The van der Waals surface area contributed by atoms with Crippen LogP contribution < -0.4 is 5.32 Å². The van der Waals surface area contributed by atoms with Crippen molar-refractivity contribution in [1.29, 1.82) is 0 Å². The lowest BCUT2D eigenvalue weighted by Gasteiger charge is -2.06. The summed E-state index contributed by atoms with van der Waals surface area (Å²) in [5, 5.41) is 4.34. The van der Waals surface area contributed by atoms with Crippen molar-refractivity contribution in [3.05, 3.63) is 36.0 Å². The number of rotatable bonds is 7. The fourth-order valence-electron chi connectivity index (χ4n) is 2.49. The maximum absolute atomic E-state index is 11.8. The second kappa shape index (κ2) is 6.41. The Bertz CT molecular complexity index is 674. The van der Waals surface area contributed by atoms with Crippen molar-refractivity contribution < 1.29 is 8.42 Å². The lowest BCUT2D eigenvalue weighted by atomic mass is 10.2. The summed E-state index contributed by atoms with van der Waals surface area (Å²) in [5.41, 5.74) is 2.31. The Hall–Kier alpha value is -1.33. The molecule has 0 aliphatic heterocycles. The Balaban J connectivity index is 2.26. The lowest BCUT2D eigenvalue weighted by molar-refractivity contribution is 0.588. The monoisotopic (exact) mass is 294 g/mol. The molecule has 0 saturated carbocycles. The van der Waals surface area contributed by atoms with Gasteiger partial charge in [0.1, 0.15) is 0 Å². The topological polar surface area (TPSA) is 51.1 Å².